The molecular formula is C15H17N3S. The standard InChI is InChI=1S/C15H17N3S/c1-2-13(15-16-7-8-17-15)18-9-11-10-19-14-6-4-3-5-12(11)14/h3-8,10,13,18H,2,9H2,1H3,(H,16,17). The normalized spacial score (nSPS) is 12.9. The number of aromatic amines is 1. The van der Waals surface area contributed by atoms with Gasteiger partial charge in [0.1, 0.15) is 5.82 Å². The number of nitrogens with one attached hydrogen (secondary N) is 2. The van der Waals surface area contributed by atoms with Crippen LogP contribution in [-0.2, 0) is 6.54 Å². The van der Waals surface area contributed by atoms with Gasteiger partial charge in [0.05, 0.1) is 6.04 Å². The van der Waals surface area contributed by atoms with Gasteiger partial charge in [-0.05, 0) is 28.8 Å². The molecular weight excluding hydrogens is 254 g/mol. The van der Waals surface area contributed by atoms with Gasteiger partial charge in [-0.2, -0.15) is 0 Å². The number of hydrogen-bond donors (Lipinski definition) is 2. The summed E-state index contributed by atoms with van der Waals surface area (Å²) in [5.41, 5.74) is 1.37. The van der Waals surface area contributed by atoms with Gasteiger partial charge in [-0.3, -0.25) is 0 Å². The van der Waals surface area contributed by atoms with Crippen molar-refractivity contribution in [3.8, 4) is 0 Å². The average Bonchev–Trinajstić information content (AvgIpc) is 3.09. The topological polar surface area (TPSA) is 40.7 Å². The van der Waals surface area contributed by atoms with Crippen LogP contribution in [0.5, 0.6) is 0 Å². The second-order valence-electron chi connectivity index (χ2n) is 4.57. The zero-order chi connectivity index (χ0) is 13.1. The quantitative estimate of drug-likeness (QED) is 0.739. The smallest absolute Gasteiger partial charge is 0.123 e. The van der Waals surface area contributed by atoms with E-state index in [4.69, 9.17) is 0 Å². The fourth-order valence-electron chi connectivity index (χ4n) is 2.31. The molecule has 4 heteroatoms. The number of H-pyrrole nitrogens is 1. The summed E-state index contributed by atoms with van der Waals surface area (Å²) < 4.78 is 1.35. The molecule has 2 aromatic heterocycles. The van der Waals surface area contributed by atoms with E-state index in [1.54, 1.807) is 6.20 Å². The number of aromatic nitrogens is 2. The Hall–Kier alpha value is -1.65. The van der Waals surface area contributed by atoms with Crippen LogP contribution in [0.2, 0.25) is 0 Å². The number of thiophene rings is 1. The van der Waals surface area contributed by atoms with Gasteiger partial charge in [0.15, 0.2) is 0 Å². The lowest BCUT2D eigenvalue weighted by Crippen LogP contribution is -2.21. The van der Waals surface area contributed by atoms with E-state index in [1.807, 2.05) is 17.5 Å². The Morgan fingerprint density at radius 3 is 3.05 bits per heavy atom. The van der Waals surface area contributed by atoms with Crippen molar-refractivity contribution in [2.75, 3.05) is 0 Å². The van der Waals surface area contributed by atoms with Crippen LogP contribution in [-0.4, -0.2) is 9.97 Å². The molecule has 0 bridgehead atoms. The maximum Gasteiger partial charge on any atom is 0.123 e. The molecule has 3 aromatic rings. The van der Waals surface area contributed by atoms with E-state index in [9.17, 15) is 0 Å². The largest absolute Gasteiger partial charge is 0.347 e. The molecule has 0 aliphatic heterocycles. The summed E-state index contributed by atoms with van der Waals surface area (Å²) in [5.74, 6) is 1.02. The molecule has 0 saturated carbocycles. The molecule has 0 fully saturated rings. The van der Waals surface area contributed by atoms with Crippen molar-refractivity contribution in [2.45, 2.75) is 25.9 Å². The Kier molecular flexibility index (Phi) is 3.62. The molecule has 0 amide bonds. The van der Waals surface area contributed by atoms with Crippen LogP contribution in [0.15, 0.2) is 42.0 Å². The van der Waals surface area contributed by atoms with Crippen LogP contribution in [0.4, 0.5) is 0 Å². The van der Waals surface area contributed by atoms with Crippen molar-refractivity contribution < 1.29 is 0 Å². The molecule has 3 rings (SSSR count). The van der Waals surface area contributed by atoms with Crippen LogP contribution in [0.25, 0.3) is 10.1 Å². The Bertz CT molecular complexity index is 642. The molecule has 0 aliphatic carbocycles. The van der Waals surface area contributed by atoms with Crippen LogP contribution in [0, 0.1) is 0 Å². The summed E-state index contributed by atoms with van der Waals surface area (Å²) >= 11 is 1.81. The van der Waals surface area contributed by atoms with Crippen molar-refractivity contribution in [1.29, 1.82) is 0 Å². The lowest BCUT2D eigenvalue weighted by molar-refractivity contribution is 0.499. The van der Waals surface area contributed by atoms with Crippen molar-refractivity contribution in [1.82, 2.24) is 15.3 Å². The second-order valence-corrected chi connectivity index (χ2v) is 5.48. The van der Waals surface area contributed by atoms with E-state index in [0.717, 1.165) is 18.8 Å². The third-order valence-corrected chi connectivity index (χ3v) is 4.37. The zero-order valence-electron chi connectivity index (χ0n) is 10.9. The molecule has 0 spiro atoms. The number of fused-ring (bicyclic) bond motifs is 1. The van der Waals surface area contributed by atoms with E-state index in [-0.39, 0.29) is 6.04 Å². The van der Waals surface area contributed by atoms with Gasteiger partial charge >= 0.3 is 0 Å². The van der Waals surface area contributed by atoms with Crippen molar-refractivity contribution in [2.24, 2.45) is 0 Å². The predicted molar refractivity (Wildman–Crippen MR) is 80.3 cm³/mol. The number of rotatable bonds is 5. The van der Waals surface area contributed by atoms with Gasteiger partial charge in [-0.25, -0.2) is 4.98 Å². The molecule has 0 radical (unpaired) electrons. The first-order chi connectivity index (χ1) is 9.38. The number of imidazole rings is 1. The van der Waals surface area contributed by atoms with Gasteiger partial charge in [-0.1, -0.05) is 25.1 Å². The van der Waals surface area contributed by atoms with E-state index < -0.39 is 0 Å². The summed E-state index contributed by atoms with van der Waals surface area (Å²) in [6.07, 6.45) is 4.70. The molecule has 1 unspecified atom stereocenters. The van der Waals surface area contributed by atoms with Gasteiger partial charge in [-0.15, -0.1) is 11.3 Å². The van der Waals surface area contributed by atoms with Crippen molar-refractivity contribution in [3.63, 3.8) is 0 Å². The fourth-order valence-corrected chi connectivity index (χ4v) is 3.27. The maximum atomic E-state index is 4.33. The Morgan fingerprint density at radius 1 is 1.37 bits per heavy atom. The third kappa shape index (κ3) is 2.55. The first kappa shape index (κ1) is 12.4. The van der Waals surface area contributed by atoms with E-state index in [2.05, 4.69) is 51.9 Å². The Morgan fingerprint density at radius 2 is 2.26 bits per heavy atom. The van der Waals surface area contributed by atoms with Gasteiger partial charge in [0.2, 0.25) is 0 Å². The van der Waals surface area contributed by atoms with Gasteiger partial charge in [0, 0.05) is 23.6 Å². The van der Waals surface area contributed by atoms with Crippen LogP contribution in [0.1, 0.15) is 30.8 Å². The molecule has 0 aliphatic rings. The number of benzene rings is 1. The lowest BCUT2D eigenvalue weighted by Gasteiger charge is -2.14. The van der Waals surface area contributed by atoms with Crippen molar-refractivity contribution >= 4 is 21.4 Å². The average molecular weight is 271 g/mol. The van der Waals surface area contributed by atoms with E-state index >= 15 is 0 Å². The van der Waals surface area contributed by atoms with Crippen LogP contribution >= 0.6 is 11.3 Å². The fraction of sp³-hybridized carbons (Fsp3) is 0.267. The highest BCUT2D eigenvalue weighted by Gasteiger charge is 2.11. The zero-order valence-corrected chi connectivity index (χ0v) is 11.7. The summed E-state index contributed by atoms with van der Waals surface area (Å²) in [6.45, 7) is 3.05. The summed E-state index contributed by atoms with van der Waals surface area (Å²) in [4.78, 5) is 7.52. The SMILES string of the molecule is CCC(NCc1csc2ccccc12)c1ncc[nH]1. The summed E-state index contributed by atoms with van der Waals surface area (Å²) in [5, 5.41) is 7.18. The van der Waals surface area contributed by atoms with Crippen LogP contribution in [0.3, 0.4) is 0 Å². The predicted octanol–water partition coefficient (Wildman–Crippen LogP) is 3.87. The molecule has 0 saturated heterocycles. The highest BCUT2D eigenvalue weighted by atomic mass is 32.1. The minimum absolute atomic E-state index is 0.286. The summed E-state index contributed by atoms with van der Waals surface area (Å²) in [6, 6.07) is 8.84. The molecule has 1 atom stereocenters. The molecule has 2 N–H and O–H groups in total. The van der Waals surface area contributed by atoms with E-state index in [1.165, 1.54) is 15.6 Å². The van der Waals surface area contributed by atoms with Gasteiger partial charge < -0.3 is 10.3 Å². The van der Waals surface area contributed by atoms with Crippen molar-refractivity contribution in [3.05, 3.63) is 53.4 Å². The molecule has 3 nitrogen and oxygen atoms in total. The minimum atomic E-state index is 0.286. The first-order valence-electron chi connectivity index (χ1n) is 6.56. The Labute approximate surface area is 116 Å². The number of hydrogen-bond acceptors (Lipinski definition) is 3. The first-order valence-corrected chi connectivity index (χ1v) is 7.44. The Balaban J connectivity index is 1.75. The molecule has 19 heavy (non-hydrogen) atoms. The highest BCUT2D eigenvalue weighted by molar-refractivity contribution is 7.17. The maximum absolute atomic E-state index is 4.33. The molecule has 1 aromatic carbocycles. The van der Waals surface area contributed by atoms with E-state index in [0.29, 0.717) is 0 Å². The molecule has 2 heterocycles. The highest BCUT2D eigenvalue weighted by Crippen LogP contribution is 2.26. The van der Waals surface area contributed by atoms with Crippen LogP contribution < -0.4 is 5.32 Å². The monoisotopic (exact) mass is 271 g/mol. The minimum Gasteiger partial charge on any atom is -0.347 e. The lowest BCUT2D eigenvalue weighted by atomic mass is 10.1. The molecule has 98 valence electrons. The second kappa shape index (κ2) is 5.55. The summed E-state index contributed by atoms with van der Waals surface area (Å²) in [7, 11) is 0. The van der Waals surface area contributed by atoms with Gasteiger partial charge in [0.25, 0.3) is 0 Å². The number of nitrogens with zero attached hydrogens (tertiary/aromatic N) is 1. The third-order valence-electron chi connectivity index (χ3n) is 3.36.